The summed E-state index contributed by atoms with van der Waals surface area (Å²) in [6, 6.07) is 8.47. The van der Waals surface area contributed by atoms with E-state index in [9.17, 15) is 19.2 Å². The summed E-state index contributed by atoms with van der Waals surface area (Å²) < 4.78 is 20.9. The highest BCUT2D eigenvalue weighted by atomic mass is 16.6. The van der Waals surface area contributed by atoms with Crippen LogP contribution in [0, 0.1) is 0 Å². The van der Waals surface area contributed by atoms with E-state index in [1.165, 1.54) is 5.56 Å². The van der Waals surface area contributed by atoms with Gasteiger partial charge in [0, 0.05) is 61.9 Å². The maximum atomic E-state index is 13.5. The van der Waals surface area contributed by atoms with Gasteiger partial charge in [-0.05, 0) is 112 Å². The van der Waals surface area contributed by atoms with Crippen LogP contribution < -0.4 is 14.5 Å². The molecule has 0 unspecified atom stereocenters. The number of carbonyl (C=O) groups excluding carboxylic acids is 4. The molecule has 2 aromatic heterocycles. The topological polar surface area (TPSA) is 116 Å². The zero-order chi connectivity index (χ0) is 37.6. The van der Waals surface area contributed by atoms with Crippen molar-refractivity contribution in [2.45, 2.75) is 169 Å². The minimum Gasteiger partial charge on any atom is -0.460 e. The van der Waals surface area contributed by atoms with Gasteiger partial charge in [-0.3, -0.25) is 19.2 Å². The van der Waals surface area contributed by atoms with Crippen molar-refractivity contribution in [3.05, 3.63) is 49.1 Å². The van der Waals surface area contributed by atoms with Crippen molar-refractivity contribution in [1.82, 2.24) is 5.32 Å². The molecule has 2 heterocycles. The lowest BCUT2D eigenvalue weighted by Gasteiger charge is -2.36. The summed E-state index contributed by atoms with van der Waals surface area (Å²) in [5.41, 5.74) is -0.695. The molecule has 0 aliphatic rings. The zero-order valence-electron chi connectivity index (χ0n) is 32.4. The van der Waals surface area contributed by atoms with Crippen LogP contribution in [0.1, 0.15) is 133 Å². The molecule has 2 aromatic rings. The summed E-state index contributed by atoms with van der Waals surface area (Å²) in [6.07, 6.45) is 11.7. The SMILES string of the molecule is CC[n+]1ccc(-c2cc[n+](CCCCCC(=O)NC(CCC(=O)OC(C)(C)C)(CCC(=O)OC(C)(C)C)CCC(=O)OC(C)(C)C)cc2)cc1. The lowest BCUT2D eigenvalue weighted by Crippen LogP contribution is -2.50. The van der Waals surface area contributed by atoms with E-state index in [1.807, 2.05) is 0 Å². The molecule has 0 atom stereocenters. The Morgan fingerprint density at radius 2 is 0.940 bits per heavy atom. The number of carbonyl (C=O) groups is 4. The van der Waals surface area contributed by atoms with E-state index in [4.69, 9.17) is 14.2 Å². The van der Waals surface area contributed by atoms with Gasteiger partial charge in [0.05, 0.1) is 0 Å². The second-order valence-corrected chi connectivity index (χ2v) is 16.1. The molecule has 0 aromatic carbocycles. The monoisotopic (exact) mass is 697 g/mol. The number of amides is 1. The lowest BCUT2D eigenvalue weighted by atomic mass is 9.83. The van der Waals surface area contributed by atoms with Crippen LogP contribution in [-0.4, -0.2) is 46.2 Å². The molecule has 278 valence electrons. The summed E-state index contributed by atoms with van der Waals surface area (Å²) >= 11 is 0. The fourth-order valence-corrected chi connectivity index (χ4v) is 5.54. The molecule has 0 saturated heterocycles. The van der Waals surface area contributed by atoms with Crippen molar-refractivity contribution in [2.75, 3.05) is 0 Å². The van der Waals surface area contributed by atoms with Gasteiger partial charge in [0.1, 0.15) is 29.9 Å². The summed E-state index contributed by atoms with van der Waals surface area (Å²) in [5, 5.41) is 3.15. The van der Waals surface area contributed by atoms with Gasteiger partial charge >= 0.3 is 17.9 Å². The molecule has 0 saturated carbocycles. The third-order valence-corrected chi connectivity index (χ3v) is 7.89. The first-order valence-electron chi connectivity index (χ1n) is 18.1. The van der Waals surface area contributed by atoms with Crippen LogP contribution in [0.15, 0.2) is 49.1 Å². The Balaban J connectivity index is 2.08. The summed E-state index contributed by atoms with van der Waals surface area (Å²) in [4.78, 5) is 51.8. The maximum Gasteiger partial charge on any atom is 0.306 e. The lowest BCUT2D eigenvalue weighted by molar-refractivity contribution is -0.697. The highest BCUT2D eigenvalue weighted by molar-refractivity contribution is 5.78. The van der Waals surface area contributed by atoms with Crippen molar-refractivity contribution in [3.63, 3.8) is 0 Å². The number of hydrogen-bond donors (Lipinski definition) is 1. The second-order valence-electron chi connectivity index (χ2n) is 16.1. The number of ether oxygens (including phenoxy) is 3. The average molecular weight is 698 g/mol. The number of pyridine rings is 2. The van der Waals surface area contributed by atoms with E-state index in [0.717, 1.165) is 31.5 Å². The van der Waals surface area contributed by atoms with Gasteiger partial charge in [-0.15, -0.1) is 0 Å². The molecule has 0 spiro atoms. The van der Waals surface area contributed by atoms with Gasteiger partial charge in [0.15, 0.2) is 24.8 Å². The molecule has 0 aliphatic carbocycles. The number of aryl methyl sites for hydroxylation is 2. The Labute approximate surface area is 300 Å². The van der Waals surface area contributed by atoms with Crippen LogP contribution >= 0.6 is 0 Å². The third-order valence-electron chi connectivity index (χ3n) is 7.89. The first-order chi connectivity index (χ1) is 23.2. The normalized spacial score (nSPS) is 12.3. The van der Waals surface area contributed by atoms with Crippen LogP contribution in [-0.2, 0) is 46.5 Å². The van der Waals surface area contributed by atoms with Gasteiger partial charge in [-0.25, -0.2) is 9.13 Å². The minimum absolute atomic E-state index is 0.0131. The van der Waals surface area contributed by atoms with Gasteiger partial charge in [-0.2, -0.15) is 0 Å². The number of hydrogen-bond acceptors (Lipinski definition) is 7. The third kappa shape index (κ3) is 17.7. The van der Waals surface area contributed by atoms with Crippen molar-refractivity contribution < 1.29 is 42.5 Å². The Bertz CT molecular complexity index is 1300. The Morgan fingerprint density at radius 1 is 0.560 bits per heavy atom. The Kier molecular flexibility index (Phi) is 16.1. The first-order valence-corrected chi connectivity index (χ1v) is 18.1. The van der Waals surface area contributed by atoms with Gasteiger partial charge < -0.3 is 19.5 Å². The van der Waals surface area contributed by atoms with Crippen molar-refractivity contribution in [3.8, 4) is 11.1 Å². The smallest absolute Gasteiger partial charge is 0.306 e. The summed E-state index contributed by atoms with van der Waals surface area (Å²) in [6.45, 7) is 20.0. The molecule has 0 aliphatic heterocycles. The molecule has 0 radical (unpaired) electrons. The van der Waals surface area contributed by atoms with Crippen LogP contribution in [0.25, 0.3) is 11.1 Å². The van der Waals surface area contributed by atoms with Crippen molar-refractivity contribution in [1.29, 1.82) is 0 Å². The maximum absolute atomic E-state index is 13.5. The van der Waals surface area contributed by atoms with Crippen LogP contribution in [0.3, 0.4) is 0 Å². The van der Waals surface area contributed by atoms with Gasteiger partial charge in [0.25, 0.3) is 0 Å². The molecule has 1 N–H and O–H groups in total. The minimum atomic E-state index is -1.02. The molecule has 50 heavy (non-hydrogen) atoms. The van der Waals surface area contributed by atoms with Crippen molar-refractivity contribution >= 4 is 23.8 Å². The van der Waals surface area contributed by atoms with E-state index >= 15 is 0 Å². The second kappa shape index (κ2) is 19.0. The number of nitrogens with one attached hydrogen (secondary N) is 1. The van der Waals surface area contributed by atoms with E-state index in [2.05, 4.69) is 70.4 Å². The highest BCUT2D eigenvalue weighted by Gasteiger charge is 2.35. The number of nitrogens with zero attached hydrogens (tertiary/aromatic N) is 2. The number of esters is 3. The molecule has 1 amide bonds. The van der Waals surface area contributed by atoms with Crippen LogP contribution in [0.2, 0.25) is 0 Å². The van der Waals surface area contributed by atoms with Gasteiger partial charge in [0.2, 0.25) is 5.91 Å². The standard InChI is InChI=1S/C40H62N3O7/c1-11-42-27-19-31(20-28-42)32-21-29-43(30-22-32)26-14-12-13-15-33(44)41-40(23-16-34(45)48-37(2,3)4,24-17-35(46)49-38(5,6)7)25-18-36(47)50-39(8,9)10/h19-22,27-30H,11-18,23-26H2,1-10H3/q+1/p+1. The number of unbranched alkanes of at least 4 members (excludes halogenated alkanes) is 2. The quantitative estimate of drug-likeness (QED) is 0.0795. The average Bonchev–Trinajstić information content (AvgIpc) is 2.99. The fraction of sp³-hybridized carbons (Fsp3) is 0.650. The molecule has 2 rings (SSSR count). The van der Waals surface area contributed by atoms with Crippen molar-refractivity contribution in [2.24, 2.45) is 0 Å². The molecule has 0 bridgehead atoms. The molecule has 0 fully saturated rings. The van der Waals surface area contributed by atoms with Crippen LogP contribution in [0.4, 0.5) is 0 Å². The molecular formula is C40H63N3O7+2. The largest absolute Gasteiger partial charge is 0.460 e. The zero-order valence-corrected chi connectivity index (χ0v) is 32.4. The van der Waals surface area contributed by atoms with E-state index < -0.39 is 40.2 Å². The number of rotatable bonds is 18. The van der Waals surface area contributed by atoms with Crippen LogP contribution in [0.5, 0.6) is 0 Å². The summed E-state index contributed by atoms with van der Waals surface area (Å²) in [5.74, 6) is -1.43. The fourth-order valence-electron chi connectivity index (χ4n) is 5.54. The highest BCUT2D eigenvalue weighted by Crippen LogP contribution is 2.29. The Morgan fingerprint density at radius 3 is 1.30 bits per heavy atom. The molecule has 10 heteroatoms. The first kappa shape index (κ1) is 42.3. The van der Waals surface area contributed by atoms with E-state index in [1.54, 1.807) is 62.3 Å². The summed E-state index contributed by atoms with van der Waals surface area (Å²) in [7, 11) is 0. The Hall–Kier alpha value is -3.82. The van der Waals surface area contributed by atoms with Gasteiger partial charge in [-0.1, -0.05) is 0 Å². The number of aromatic nitrogens is 2. The molecule has 10 nitrogen and oxygen atoms in total. The van der Waals surface area contributed by atoms with E-state index in [0.29, 0.717) is 6.42 Å². The predicted octanol–water partition coefficient (Wildman–Crippen LogP) is 6.73. The van der Waals surface area contributed by atoms with E-state index in [-0.39, 0.29) is 50.9 Å². The predicted molar refractivity (Wildman–Crippen MR) is 193 cm³/mol. The molecular weight excluding hydrogens is 634 g/mol.